The lowest BCUT2D eigenvalue weighted by atomic mass is 10.2. The molecule has 1 atom stereocenters. The van der Waals surface area contributed by atoms with Crippen molar-refractivity contribution in [2.24, 2.45) is 11.7 Å². The van der Waals surface area contributed by atoms with Crippen molar-refractivity contribution in [3.8, 4) is 0 Å². The standard InChI is InChI=1S/C9H15N3O2/c1-6(3-10)4-11-8(13)9-12-5-7(2)14-9/h5-6H,3-4,10H2,1-2H3,(H,11,13). The molecule has 78 valence electrons. The van der Waals surface area contributed by atoms with Crippen LogP contribution in [0.4, 0.5) is 0 Å². The van der Waals surface area contributed by atoms with Crippen LogP contribution in [0.5, 0.6) is 0 Å². The highest BCUT2D eigenvalue weighted by molar-refractivity contribution is 5.89. The normalized spacial score (nSPS) is 12.5. The molecular weight excluding hydrogens is 182 g/mol. The molecule has 1 unspecified atom stereocenters. The Morgan fingerprint density at radius 1 is 1.79 bits per heavy atom. The van der Waals surface area contributed by atoms with E-state index >= 15 is 0 Å². The zero-order chi connectivity index (χ0) is 10.6. The third kappa shape index (κ3) is 2.85. The first-order chi connectivity index (χ1) is 6.63. The van der Waals surface area contributed by atoms with Crippen molar-refractivity contribution in [3.05, 3.63) is 17.8 Å². The number of hydrogen-bond donors (Lipinski definition) is 2. The molecule has 1 rings (SSSR count). The average molecular weight is 197 g/mol. The Morgan fingerprint density at radius 2 is 2.50 bits per heavy atom. The lowest BCUT2D eigenvalue weighted by Crippen LogP contribution is -2.31. The number of oxazole rings is 1. The molecule has 0 aliphatic heterocycles. The van der Waals surface area contributed by atoms with Gasteiger partial charge in [-0.15, -0.1) is 0 Å². The number of nitrogens with two attached hydrogens (primary N) is 1. The molecule has 0 aliphatic rings. The van der Waals surface area contributed by atoms with Crippen molar-refractivity contribution < 1.29 is 9.21 Å². The van der Waals surface area contributed by atoms with E-state index in [2.05, 4.69) is 10.3 Å². The minimum Gasteiger partial charge on any atom is -0.438 e. The fourth-order valence-electron chi connectivity index (χ4n) is 0.886. The Morgan fingerprint density at radius 3 is 3.00 bits per heavy atom. The lowest BCUT2D eigenvalue weighted by molar-refractivity contribution is 0.0912. The van der Waals surface area contributed by atoms with Crippen molar-refractivity contribution in [2.75, 3.05) is 13.1 Å². The van der Waals surface area contributed by atoms with Gasteiger partial charge in [0, 0.05) is 6.54 Å². The van der Waals surface area contributed by atoms with Crippen LogP contribution < -0.4 is 11.1 Å². The minimum atomic E-state index is -0.293. The second kappa shape index (κ2) is 4.76. The van der Waals surface area contributed by atoms with Crippen molar-refractivity contribution in [3.63, 3.8) is 0 Å². The molecule has 14 heavy (non-hydrogen) atoms. The predicted octanol–water partition coefficient (Wildman–Crippen LogP) is 0.308. The van der Waals surface area contributed by atoms with Crippen molar-refractivity contribution in [1.29, 1.82) is 0 Å². The van der Waals surface area contributed by atoms with Crippen molar-refractivity contribution >= 4 is 5.91 Å². The van der Waals surface area contributed by atoms with E-state index in [0.717, 1.165) is 0 Å². The molecule has 1 aromatic heterocycles. The lowest BCUT2D eigenvalue weighted by Gasteiger charge is -2.07. The second-order valence-corrected chi connectivity index (χ2v) is 3.33. The van der Waals surface area contributed by atoms with E-state index in [-0.39, 0.29) is 17.7 Å². The molecular formula is C9H15N3O2. The fourth-order valence-corrected chi connectivity index (χ4v) is 0.886. The van der Waals surface area contributed by atoms with Crippen LogP contribution in [0.3, 0.4) is 0 Å². The summed E-state index contributed by atoms with van der Waals surface area (Å²) in [4.78, 5) is 15.2. The first kappa shape index (κ1) is 10.7. The second-order valence-electron chi connectivity index (χ2n) is 3.33. The Labute approximate surface area is 82.7 Å². The molecule has 0 bridgehead atoms. The first-order valence-corrected chi connectivity index (χ1v) is 4.54. The zero-order valence-corrected chi connectivity index (χ0v) is 8.41. The number of rotatable bonds is 4. The summed E-state index contributed by atoms with van der Waals surface area (Å²) in [5, 5.41) is 2.69. The van der Waals surface area contributed by atoms with Crippen LogP contribution in [-0.4, -0.2) is 24.0 Å². The summed E-state index contributed by atoms with van der Waals surface area (Å²) in [6.45, 7) is 4.79. The van der Waals surface area contributed by atoms with Crippen LogP contribution in [-0.2, 0) is 0 Å². The van der Waals surface area contributed by atoms with Crippen LogP contribution in [0.1, 0.15) is 23.4 Å². The van der Waals surface area contributed by atoms with Gasteiger partial charge in [-0.05, 0) is 19.4 Å². The number of hydrogen-bond acceptors (Lipinski definition) is 4. The van der Waals surface area contributed by atoms with Gasteiger partial charge in [-0.1, -0.05) is 6.92 Å². The average Bonchev–Trinajstić information content (AvgIpc) is 2.60. The quantitative estimate of drug-likeness (QED) is 0.727. The molecule has 0 spiro atoms. The van der Waals surface area contributed by atoms with E-state index in [4.69, 9.17) is 10.2 Å². The largest absolute Gasteiger partial charge is 0.438 e. The van der Waals surface area contributed by atoms with E-state index in [0.29, 0.717) is 18.8 Å². The van der Waals surface area contributed by atoms with E-state index in [1.807, 2.05) is 6.92 Å². The minimum absolute atomic E-state index is 0.103. The molecule has 0 aliphatic carbocycles. The number of aryl methyl sites for hydroxylation is 1. The predicted molar refractivity (Wildman–Crippen MR) is 51.8 cm³/mol. The van der Waals surface area contributed by atoms with Gasteiger partial charge < -0.3 is 15.5 Å². The van der Waals surface area contributed by atoms with Crippen LogP contribution in [0.25, 0.3) is 0 Å². The summed E-state index contributed by atoms with van der Waals surface area (Å²) in [6, 6.07) is 0. The smallest absolute Gasteiger partial charge is 0.307 e. The van der Waals surface area contributed by atoms with Gasteiger partial charge >= 0.3 is 5.91 Å². The van der Waals surface area contributed by atoms with Crippen molar-refractivity contribution in [1.82, 2.24) is 10.3 Å². The highest BCUT2D eigenvalue weighted by atomic mass is 16.4. The first-order valence-electron chi connectivity index (χ1n) is 4.54. The molecule has 5 nitrogen and oxygen atoms in total. The van der Waals surface area contributed by atoms with Gasteiger partial charge in [0.2, 0.25) is 0 Å². The Kier molecular flexibility index (Phi) is 3.64. The maximum Gasteiger partial charge on any atom is 0.307 e. The summed E-state index contributed by atoms with van der Waals surface area (Å²) < 4.78 is 5.06. The van der Waals surface area contributed by atoms with E-state index in [9.17, 15) is 4.79 Å². The van der Waals surface area contributed by atoms with Crippen LogP contribution in [0.15, 0.2) is 10.6 Å². The van der Waals surface area contributed by atoms with Gasteiger partial charge in [0.1, 0.15) is 5.76 Å². The summed E-state index contributed by atoms with van der Waals surface area (Å²) in [6.07, 6.45) is 1.52. The number of amides is 1. The molecule has 0 saturated carbocycles. The number of nitrogens with zero attached hydrogens (tertiary/aromatic N) is 1. The van der Waals surface area contributed by atoms with Gasteiger partial charge in [-0.3, -0.25) is 4.79 Å². The monoisotopic (exact) mass is 197 g/mol. The number of carbonyl (C=O) groups excluding carboxylic acids is 1. The summed E-state index contributed by atoms with van der Waals surface area (Å²) in [5.41, 5.74) is 5.41. The van der Waals surface area contributed by atoms with Gasteiger partial charge in [0.25, 0.3) is 5.89 Å². The van der Waals surface area contributed by atoms with Gasteiger partial charge in [-0.25, -0.2) is 4.98 Å². The third-order valence-electron chi connectivity index (χ3n) is 1.83. The highest BCUT2D eigenvalue weighted by Crippen LogP contribution is 2.01. The molecule has 5 heteroatoms. The zero-order valence-electron chi connectivity index (χ0n) is 8.41. The maximum absolute atomic E-state index is 11.4. The third-order valence-corrected chi connectivity index (χ3v) is 1.83. The molecule has 1 amide bonds. The van der Waals surface area contributed by atoms with Gasteiger partial charge in [0.15, 0.2) is 0 Å². The summed E-state index contributed by atoms with van der Waals surface area (Å²) >= 11 is 0. The van der Waals surface area contributed by atoms with Crippen LogP contribution in [0.2, 0.25) is 0 Å². The maximum atomic E-state index is 11.4. The molecule has 1 heterocycles. The number of aromatic nitrogens is 1. The molecule has 0 radical (unpaired) electrons. The number of nitrogens with one attached hydrogen (secondary N) is 1. The molecule has 0 saturated heterocycles. The highest BCUT2D eigenvalue weighted by Gasteiger charge is 2.11. The van der Waals surface area contributed by atoms with E-state index in [1.54, 1.807) is 6.92 Å². The Balaban J connectivity index is 2.43. The summed E-state index contributed by atoms with van der Waals surface area (Å²) in [7, 11) is 0. The molecule has 0 fully saturated rings. The van der Waals surface area contributed by atoms with Gasteiger partial charge in [0.05, 0.1) is 6.20 Å². The van der Waals surface area contributed by atoms with Crippen molar-refractivity contribution in [2.45, 2.75) is 13.8 Å². The molecule has 1 aromatic rings. The van der Waals surface area contributed by atoms with E-state index < -0.39 is 0 Å². The number of carbonyl (C=O) groups is 1. The Hall–Kier alpha value is -1.36. The van der Waals surface area contributed by atoms with Crippen LogP contribution >= 0.6 is 0 Å². The molecule has 0 aromatic carbocycles. The summed E-state index contributed by atoms with van der Waals surface area (Å²) in [5.74, 6) is 0.696. The fraction of sp³-hybridized carbons (Fsp3) is 0.556. The van der Waals surface area contributed by atoms with E-state index in [1.165, 1.54) is 6.20 Å². The SMILES string of the molecule is Cc1cnc(C(=O)NCC(C)CN)o1. The molecule has 3 N–H and O–H groups in total. The topological polar surface area (TPSA) is 81.2 Å². The Bertz CT molecular complexity index is 309. The van der Waals surface area contributed by atoms with Gasteiger partial charge in [-0.2, -0.15) is 0 Å². The van der Waals surface area contributed by atoms with Crippen LogP contribution in [0, 0.1) is 12.8 Å².